The molecule has 0 bridgehead atoms. The van der Waals surface area contributed by atoms with Gasteiger partial charge in [-0.15, -0.1) is 0 Å². The summed E-state index contributed by atoms with van der Waals surface area (Å²) in [4.78, 5) is 53.6. The fourth-order valence-corrected chi connectivity index (χ4v) is 10.0. The van der Waals surface area contributed by atoms with Crippen molar-refractivity contribution in [1.82, 2.24) is 9.80 Å². The number of allylic oxidation sites excluding steroid dienone is 3. The third kappa shape index (κ3) is 17.6. The van der Waals surface area contributed by atoms with Gasteiger partial charge in [0.25, 0.3) is 0 Å². The quantitative estimate of drug-likeness (QED) is 0.109. The summed E-state index contributed by atoms with van der Waals surface area (Å²) >= 11 is 0. The van der Waals surface area contributed by atoms with Crippen molar-refractivity contribution < 1.29 is 82.4 Å². The first kappa shape index (κ1) is 58.6. The number of likely N-dealkylation sites (N-methyl/N-ethyl adjacent to an activating group) is 1. The number of cyclic esters (lactones) is 1. The fourth-order valence-electron chi connectivity index (χ4n) is 10.0. The van der Waals surface area contributed by atoms with Crippen molar-refractivity contribution in [2.75, 3.05) is 54.6 Å². The van der Waals surface area contributed by atoms with Crippen LogP contribution in [-0.2, 0) is 47.3 Å². The second-order valence-corrected chi connectivity index (χ2v) is 20.5. The molecule has 19 nitrogen and oxygen atoms in total. The molecule has 0 aromatic heterocycles. The minimum atomic E-state index is -4.64. The highest BCUT2D eigenvalue weighted by molar-refractivity contribution is 7.45. The number of nitrogens with zero attached hydrogens (tertiary/aromatic N) is 2. The van der Waals surface area contributed by atoms with E-state index in [0.29, 0.717) is 31.1 Å². The van der Waals surface area contributed by atoms with Gasteiger partial charge in [0.1, 0.15) is 30.5 Å². The Morgan fingerprint density at radius 1 is 0.818 bits per heavy atom. The summed E-state index contributed by atoms with van der Waals surface area (Å²) in [6, 6.07) is -0.684. The zero-order valence-corrected chi connectivity index (χ0v) is 42.0. The summed E-state index contributed by atoms with van der Waals surface area (Å²) in [5.74, 6) is -1.46. The molecule has 0 saturated carbocycles. The zero-order valence-electron chi connectivity index (χ0n) is 41.1. The predicted molar refractivity (Wildman–Crippen MR) is 243 cm³/mol. The van der Waals surface area contributed by atoms with Gasteiger partial charge in [-0.05, 0) is 90.9 Å². The number of piperidine rings is 1. The molecule has 0 unspecified atom stereocenters. The maximum atomic E-state index is 14.0. The monoisotopic (exact) mass is 967 g/mol. The molecule has 0 aliphatic carbocycles. The molecule has 4 aliphatic heterocycles. The number of hydrogen-bond acceptors (Lipinski definition) is 16. The van der Waals surface area contributed by atoms with Gasteiger partial charge in [0, 0.05) is 45.1 Å². The van der Waals surface area contributed by atoms with Gasteiger partial charge in [-0.1, -0.05) is 52.3 Å². The van der Waals surface area contributed by atoms with E-state index >= 15 is 0 Å². The number of likely N-dealkylation sites (tertiary alicyclic amines) is 1. The van der Waals surface area contributed by atoms with Crippen molar-refractivity contribution in [3.8, 4) is 0 Å². The molecule has 0 radical (unpaired) electrons. The smallest absolute Gasteiger partial charge is 0.462 e. The van der Waals surface area contributed by atoms with E-state index in [9.17, 15) is 30.0 Å². The Bertz CT molecular complexity index is 1580. The summed E-state index contributed by atoms with van der Waals surface area (Å²) in [6.45, 7) is 18.2. The van der Waals surface area contributed by atoms with Gasteiger partial charge in [-0.25, -0.2) is 4.57 Å². The van der Waals surface area contributed by atoms with Crippen LogP contribution >= 0.6 is 7.82 Å². The number of ketones is 1. The molecule has 66 heavy (non-hydrogen) atoms. The van der Waals surface area contributed by atoms with Crippen LogP contribution in [0.2, 0.25) is 0 Å². The molecule has 3 fully saturated rings. The number of methoxy groups -OCH3 is 2. The average molecular weight is 967 g/mol. The molecule has 20 heteroatoms. The first-order chi connectivity index (χ1) is 30.8. The summed E-state index contributed by atoms with van der Waals surface area (Å²) in [5.41, 5.74) is 0.761. The number of ether oxygens (including phenoxy) is 7. The van der Waals surface area contributed by atoms with E-state index in [-0.39, 0.29) is 24.7 Å². The normalized spacial score (nSPS) is 40.6. The van der Waals surface area contributed by atoms with E-state index in [1.54, 1.807) is 45.0 Å². The van der Waals surface area contributed by atoms with Crippen LogP contribution in [0.25, 0.3) is 0 Å². The summed E-state index contributed by atoms with van der Waals surface area (Å²) < 4.78 is 51.5. The Balaban J connectivity index is 0.00000219. The molecular weight excluding hydrogens is 883 g/mol. The number of aliphatic hydroxyl groups is 4. The van der Waals surface area contributed by atoms with Crippen LogP contribution in [-0.4, -0.2) is 191 Å². The second-order valence-electron chi connectivity index (χ2n) is 19.5. The Morgan fingerprint density at radius 2 is 1.39 bits per heavy atom. The molecule has 384 valence electrons. The first-order valence-corrected chi connectivity index (χ1v) is 25.0. The van der Waals surface area contributed by atoms with Gasteiger partial charge in [-0.2, -0.15) is 0 Å². The van der Waals surface area contributed by atoms with Gasteiger partial charge in [0.15, 0.2) is 18.4 Å². The lowest BCUT2D eigenvalue weighted by molar-refractivity contribution is -0.304. The Labute approximate surface area is 392 Å². The summed E-state index contributed by atoms with van der Waals surface area (Å²) in [6.07, 6.45) is -2.96. The number of carbonyl (C=O) groups excluding carboxylic acids is 2. The highest BCUT2D eigenvalue weighted by atomic mass is 31.2. The lowest BCUT2D eigenvalue weighted by Crippen LogP contribution is -2.63. The topological polar surface area (TPSA) is 264 Å². The van der Waals surface area contributed by atoms with E-state index in [2.05, 4.69) is 18.7 Å². The van der Waals surface area contributed by atoms with Crippen LogP contribution in [0.3, 0.4) is 0 Å². The van der Waals surface area contributed by atoms with Gasteiger partial charge < -0.3 is 78.1 Å². The maximum Gasteiger partial charge on any atom is 0.466 e. The Morgan fingerprint density at radius 3 is 1.95 bits per heavy atom. The summed E-state index contributed by atoms with van der Waals surface area (Å²) in [7, 11) is 1.90. The minimum Gasteiger partial charge on any atom is -0.462 e. The van der Waals surface area contributed by atoms with Crippen LogP contribution in [0, 0.1) is 35.5 Å². The number of aliphatic hydroxyl groups excluding tert-OH is 4. The SMILES string of the molecule is CC[C@H]1OC(=O)C[C@@H](O)[C@H](C)[C@@H](O[C@@H]2O[C@H](C)[C@H](O)[C@H](N(C)C)[C@H]2O)[C@H](CCN2C[C@H](C)C[C@H](C)C2)C[C@@H](C)C(=O)C=CC(C)=C[C@@H]1CO[C@@H]1O[C@H](C)[C@@H](O)[C@@H](OC)[C@H]1OC.O=P(O)(O)O. The Hall–Kier alpha value is -1.75. The van der Waals surface area contributed by atoms with Crippen molar-refractivity contribution in [1.29, 1.82) is 0 Å². The van der Waals surface area contributed by atoms with Crippen molar-refractivity contribution in [2.24, 2.45) is 35.5 Å². The molecule has 4 heterocycles. The van der Waals surface area contributed by atoms with Gasteiger partial charge in [0.2, 0.25) is 0 Å². The van der Waals surface area contributed by atoms with Gasteiger partial charge in [0.05, 0.1) is 49.6 Å². The molecule has 0 aromatic carbocycles. The molecule has 0 aromatic rings. The lowest BCUT2D eigenvalue weighted by atomic mass is 9.79. The zero-order chi connectivity index (χ0) is 49.8. The van der Waals surface area contributed by atoms with E-state index in [0.717, 1.165) is 25.2 Å². The van der Waals surface area contributed by atoms with Crippen molar-refractivity contribution >= 4 is 19.6 Å². The highest BCUT2D eigenvalue weighted by Gasteiger charge is 2.48. The van der Waals surface area contributed by atoms with Crippen LogP contribution in [0.1, 0.15) is 87.5 Å². The number of carbonyl (C=O) groups is 2. The largest absolute Gasteiger partial charge is 0.466 e. The third-order valence-electron chi connectivity index (χ3n) is 13.5. The molecule has 0 spiro atoms. The van der Waals surface area contributed by atoms with Crippen LogP contribution in [0.5, 0.6) is 0 Å². The van der Waals surface area contributed by atoms with Crippen LogP contribution < -0.4 is 0 Å². The minimum absolute atomic E-state index is 0.0427. The molecule has 3 saturated heterocycles. The van der Waals surface area contributed by atoms with Crippen molar-refractivity contribution in [3.05, 3.63) is 23.8 Å². The maximum absolute atomic E-state index is 14.0. The number of phosphoric acid groups is 1. The molecular formula is C46H83N2O17P. The molecule has 4 aliphatic rings. The first-order valence-electron chi connectivity index (χ1n) is 23.4. The average Bonchev–Trinajstić information content (AvgIpc) is 3.22. The van der Waals surface area contributed by atoms with E-state index in [1.807, 2.05) is 33.8 Å². The number of hydrogen-bond donors (Lipinski definition) is 7. The second kappa shape index (κ2) is 27.0. The Kier molecular flexibility index (Phi) is 24.0. The molecule has 19 atom stereocenters. The molecule has 4 rings (SSSR count). The third-order valence-corrected chi connectivity index (χ3v) is 13.5. The van der Waals surface area contributed by atoms with Crippen LogP contribution in [0.15, 0.2) is 23.8 Å². The highest BCUT2D eigenvalue weighted by Crippen LogP contribution is 2.36. The number of esters is 1. The van der Waals surface area contributed by atoms with Crippen LogP contribution in [0.4, 0.5) is 0 Å². The van der Waals surface area contributed by atoms with E-state index < -0.39 is 111 Å². The van der Waals surface area contributed by atoms with E-state index in [4.69, 9.17) is 52.4 Å². The van der Waals surface area contributed by atoms with Gasteiger partial charge in [-0.3, -0.25) is 9.59 Å². The number of rotatable bonds is 12. The van der Waals surface area contributed by atoms with Crippen molar-refractivity contribution in [3.63, 3.8) is 0 Å². The predicted octanol–water partition coefficient (Wildman–Crippen LogP) is 2.41. The van der Waals surface area contributed by atoms with Crippen molar-refractivity contribution in [2.45, 2.75) is 167 Å². The lowest BCUT2D eigenvalue weighted by Gasteiger charge is -2.47. The molecule has 7 N–H and O–H groups in total. The van der Waals surface area contributed by atoms with Gasteiger partial charge >= 0.3 is 13.8 Å². The van der Waals surface area contributed by atoms with E-state index in [1.165, 1.54) is 20.6 Å². The molecule has 0 amide bonds. The summed E-state index contributed by atoms with van der Waals surface area (Å²) in [5, 5.41) is 45.3. The fraction of sp³-hybridized carbons (Fsp3) is 0.870. The standard InChI is InChI=1S/C46H80N2O13.H3O4P/c1-13-36-33(24-57-46-44(56-12)43(55-11)40(53)31(8)59-46)19-25(2)14-15-34(49)28(5)20-32(16-17-48-22-26(3)18-27(4)23-48)42(29(6)35(50)21-37(51)60-36)61-45-41(54)38(47(9)10)39(52)30(7)58-45;1-5(2,3)4/h14-15,19,26-33,35-36,38-46,50,52-54H,13,16-18,20-24H2,1-12H3;(H3,1,2,3,4)/t26-,27+,28-,29+,30-,31-,32-,33-,35-,36-,38+,39+,40-,41-,42-,43-,44-,45+,46-;/m1./s1.